The molecule has 0 bridgehead atoms. The summed E-state index contributed by atoms with van der Waals surface area (Å²) < 4.78 is 6.36. The molecule has 3 rings (SSSR count). The summed E-state index contributed by atoms with van der Waals surface area (Å²) in [5.41, 5.74) is 0.900. The molecule has 0 saturated carbocycles. The normalized spacial score (nSPS) is 18.2. The number of nitriles is 2. The molecule has 28 heavy (non-hydrogen) atoms. The van der Waals surface area contributed by atoms with E-state index < -0.39 is 5.41 Å². The third kappa shape index (κ3) is 3.78. The van der Waals surface area contributed by atoms with Crippen molar-refractivity contribution in [1.29, 1.82) is 10.5 Å². The van der Waals surface area contributed by atoms with Gasteiger partial charge in [-0.2, -0.15) is 10.5 Å². The minimum atomic E-state index is -0.844. The maximum absolute atomic E-state index is 13.6. The van der Waals surface area contributed by atoms with Gasteiger partial charge in [-0.1, -0.05) is 49.4 Å². The number of nitrogens with zero attached hydrogens (tertiary/aromatic N) is 2. The molecule has 0 saturated heterocycles. The van der Waals surface area contributed by atoms with E-state index in [4.69, 9.17) is 4.74 Å². The van der Waals surface area contributed by atoms with Crippen LogP contribution < -0.4 is 4.74 Å². The summed E-state index contributed by atoms with van der Waals surface area (Å²) in [6.45, 7) is 2.13. The Bertz CT molecular complexity index is 890. The standard InChI is InChI=1S/C24H24N2O2/c1-18(19-9-3-2-4-10-19)17-22-24(13-7-15-25,14-8-16-26)23(27)20-11-5-6-12-21(20)28-22/h2-6,9-12,18,22H,7-8,13-14,17H2,1H3. The molecule has 0 amide bonds. The van der Waals surface area contributed by atoms with E-state index in [9.17, 15) is 15.3 Å². The van der Waals surface area contributed by atoms with Crippen LogP contribution in [0.25, 0.3) is 0 Å². The molecule has 4 nitrogen and oxygen atoms in total. The van der Waals surface area contributed by atoms with Gasteiger partial charge in [0.05, 0.1) is 23.1 Å². The number of fused-ring (bicyclic) bond motifs is 1. The molecule has 0 radical (unpaired) electrons. The Balaban J connectivity index is 2.01. The van der Waals surface area contributed by atoms with Crippen LogP contribution in [0.4, 0.5) is 0 Å². The molecule has 0 aromatic heterocycles. The second kappa shape index (κ2) is 8.72. The Morgan fingerprint density at radius 3 is 2.25 bits per heavy atom. The molecule has 0 fully saturated rings. The number of hydrogen-bond acceptors (Lipinski definition) is 4. The number of ether oxygens (including phenoxy) is 1. The van der Waals surface area contributed by atoms with Crippen molar-refractivity contribution in [3.8, 4) is 17.9 Å². The number of carbonyl (C=O) groups excluding carboxylic acids is 1. The summed E-state index contributed by atoms with van der Waals surface area (Å²) in [6.07, 6.45) is 1.63. The zero-order valence-electron chi connectivity index (χ0n) is 16.1. The van der Waals surface area contributed by atoms with Crippen molar-refractivity contribution in [2.24, 2.45) is 5.41 Å². The topological polar surface area (TPSA) is 73.9 Å². The van der Waals surface area contributed by atoms with Crippen molar-refractivity contribution in [2.75, 3.05) is 0 Å². The monoisotopic (exact) mass is 372 g/mol. The predicted molar refractivity (Wildman–Crippen MR) is 107 cm³/mol. The summed E-state index contributed by atoms with van der Waals surface area (Å²) in [7, 11) is 0. The van der Waals surface area contributed by atoms with Gasteiger partial charge in [-0.05, 0) is 42.9 Å². The molecule has 1 aliphatic rings. The van der Waals surface area contributed by atoms with E-state index in [0.717, 1.165) is 0 Å². The summed E-state index contributed by atoms with van der Waals surface area (Å²) in [5.74, 6) is 0.792. The number of carbonyl (C=O) groups is 1. The van der Waals surface area contributed by atoms with Gasteiger partial charge in [0, 0.05) is 12.8 Å². The minimum absolute atomic E-state index is 0.00473. The lowest BCUT2D eigenvalue weighted by atomic mass is 9.65. The van der Waals surface area contributed by atoms with Crippen LogP contribution in [0.15, 0.2) is 54.6 Å². The fraction of sp³-hybridized carbons (Fsp3) is 0.375. The minimum Gasteiger partial charge on any atom is -0.489 e. The van der Waals surface area contributed by atoms with Crippen LogP contribution in [-0.4, -0.2) is 11.9 Å². The number of benzene rings is 2. The molecule has 142 valence electrons. The average Bonchev–Trinajstić information content (AvgIpc) is 2.74. The largest absolute Gasteiger partial charge is 0.489 e. The first-order valence-corrected chi connectivity index (χ1v) is 9.71. The molecule has 0 N–H and O–H groups in total. The molecule has 2 aromatic carbocycles. The number of hydrogen-bond donors (Lipinski definition) is 0. The molecule has 1 aliphatic heterocycles. The summed E-state index contributed by atoms with van der Waals surface area (Å²) in [4.78, 5) is 13.6. The van der Waals surface area contributed by atoms with E-state index in [1.165, 1.54) is 5.56 Å². The van der Waals surface area contributed by atoms with Crippen LogP contribution in [0.5, 0.6) is 5.75 Å². The van der Waals surface area contributed by atoms with Crippen molar-refractivity contribution in [2.45, 2.75) is 51.0 Å². The average molecular weight is 372 g/mol. The highest BCUT2D eigenvalue weighted by atomic mass is 16.5. The Morgan fingerprint density at radius 1 is 1.00 bits per heavy atom. The Labute approximate surface area is 166 Å². The van der Waals surface area contributed by atoms with Gasteiger partial charge in [0.1, 0.15) is 11.9 Å². The third-order valence-corrected chi connectivity index (χ3v) is 5.77. The van der Waals surface area contributed by atoms with Crippen molar-refractivity contribution >= 4 is 5.78 Å². The Morgan fingerprint density at radius 2 is 1.61 bits per heavy atom. The van der Waals surface area contributed by atoms with Crippen LogP contribution in [-0.2, 0) is 0 Å². The number of Topliss-reactive ketones (excluding diaryl/α,β-unsaturated/α-hetero) is 1. The van der Waals surface area contributed by atoms with Crippen LogP contribution in [0.2, 0.25) is 0 Å². The van der Waals surface area contributed by atoms with Gasteiger partial charge >= 0.3 is 0 Å². The lowest BCUT2D eigenvalue weighted by Crippen LogP contribution is -2.49. The molecular formula is C24H24N2O2. The third-order valence-electron chi connectivity index (χ3n) is 5.77. The molecule has 2 atom stereocenters. The SMILES string of the molecule is CC(CC1Oc2ccccc2C(=O)C1(CCC#N)CCC#N)c1ccccc1. The lowest BCUT2D eigenvalue weighted by Gasteiger charge is -2.44. The van der Waals surface area contributed by atoms with E-state index >= 15 is 0 Å². The zero-order chi connectivity index (χ0) is 20.0. The van der Waals surface area contributed by atoms with Gasteiger partial charge in [-0.3, -0.25) is 4.79 Å². The summed E-state index contributed by atoms with van der Waals surface area (Å²) in [6, 6.07) is 21.8. The predicted octanol–water partition coefficient (Wildman–Crippen LogP) is 5.42. The van der Waals surface area contributed by atoms with E-state index in [1.54, 1.807) is 6.07 Å². The second-order valence-corrected chi connectivity index (χ2v) is 7.45. The smallest absolute Gasteiger partial charge is 0.176 e. The number of rotatable bonds is 7. The van der Waals surface area contributed by atoms with Gasteiger partial charge in [0.15, 0.2) is 5.78 Å². The van der Waals surface area contributed by atoms with Crippen LogP contribution in [0.3, 0.4) is 0 Å². The van der Waals surface area contributed by atoms with Crippen LogP contribution >= 0.6 is 0 Å². The van der Waals surface area contributed by atoms with Gasteiger partial charge < -0.3 is 4.74 Å². The van der Waals surface area contributed by atoms with Gasteiger partial charge in [-0.25, -0.2) is 0 Å². The molecular weight excluding hydrogens is 348 g/mol. The van der Waals surface area contributed by atoms with Crippen LogP contribution in [0, 0.1) is 28.1 Å². The van der Waals surface area contributed by atoms with Crippen molar-refractivity contribution < 1.29 is 9.53 Å². The Kier molecular flexibility index (Phi) is 6.12. The number of ketones is 1. The molecule has 1 heterocycles. The van der Waals surface area contributed by atoms with Gasteiger partial charge in [0.25, 0.3) is 0 Å². The maximum Gasteiger partial charge on any atom is 0.176 e. The fourth-order valence-electron chi connectivity index (χ4n) is 4.18. The maximum atomic E-state index is 13.6. The molecule has 2 unspecified atom stereocenters. The van der Waals surface area contributed by atoms with Crippen molar-refractivity contribution in [3.05, 3.63) is 65.7 Å². The Hall–Kier alpha value is -3.11. The van der Waals surface area contributed by atoms with E-state index in [-0.39, 0.29) is 30.6 Å². The molecule has 2 aromatic rings. The highest BCUT2D eigenvalue weighted by molar-refractivity contribution is 6.04. The zero-order valence-corrected chi connectivity index (χ0v) is 16.1. The molecule has 0 spiro atoms. The van der Waals surface area contributed by atoms with Gasteiger partial charge in [-0.15, -0.1) is 0 Å². The first kappa shape index (κ1) is 19.6. The summed E-state index contributed by atoms with van der Waals surface area (Å²) in [5, 5.41) is 18.4. The van der Waals surface area contributed by atoms with Crippen molar-refractivity contribution in [3.63, 3.8) is 0 Å². The molecule has 4 heteroatoms. The van der Waals surface area contributed by atoms with Crippen molar-refractivity contribution in [1.82, 2.24) is 0 Å². The highest BCUT2D eigenvalue weighted by Crippen LogP contribution is 2.47. The van der Waals surface area contributed by atoms with E-state index in [0.29, 0.717) is 30.6 Å². The lowest BCUT2D eigenvalue weighted by molar-refractivity contribution is 0.0121. The fourth-order valence-corrected chi connectivity index (χ4v) is 4.18. The van der Waals surface area contributed by atoms with E-state index in [1.807, 2.05) is 36.4 Å². The summed E-state index contributed by atoms with van der Waals surface area (Å²) >= 11 is 0. The van der Waals surface area contributed by atoms with Gasteiger partial charge in [0.2, 0.25) is 0 Å². The molecule has 0 aliphatic carbocycles. The quantitative estimate of drug-likeness (QED) is 0.650. The second-order valence-electron chi connectivity index (χ2n) is 7.45. The number of para-hydroxylation sites is 1. The first-order valence-electron chi connectivity index (χ1n) is 9.71. The van der Waals surface area contributed by atoms with E-state index in [2.05, 4.69) is 31.2 Å². The van der Waals surface area contributed by atoms with Crippen LogP contribution in [0.1, 0.15) is 60.9 Å². The highest BCUT2D eigenvalue weighted by Gasteiger charge is 2.50. The first-order chi connectivity index (χ1) is 13.6.